The molecule has 24 heavy (non-hydrogen) atoms. The molecule has 0 aromatic carbocycles. The van der Waals surface area contributed by atoms with Gasteiger partial charge in [0.15, 0.2) is 11.5 Å². The summed E-state index contributed by atoms with van der Waals surface area (Å²) in [6.45, 7) is 1.38. The molecule has 3 heterocycles. The number of aromatic nitrogens is 4. The van der Waals surface area contributed by atoms with Gasteiger partial charge >= 0.3 is 11.7 Å². The molecule has 0 bridgehead atoms. The predicted octanol–water partition coefficient (Wildman–Crippen LogP) is 0.782. The number of aryl methyl sites for hydroxylation is 1. The molecule has 0 N–H and O–H groups in total. The molecule has 0 saturated heterocycles. The Balaban J connectivity index is 2.18. The highest BCUT2D eigenvalue weighted by Crippen LogP contribution is 2.21. The zero-order valence-electron chi connectivity index (χ0n) is 13.1. The lowest BCUT2D eigenvalue weighted by atomic mass is 10.3. The Kier molecular flexibility index (Phi) is 4.26. The van der Waals surface area contributed by atoms with Gasteiger partial charge in [0.25, 0.3) is 5.56 Å². The van der Waals surface area contributed by atoms with Crippen LogP contribution in [0.4, 0.5) is 0 Å². The Hall–Kier alpha value is -2.81. The summed E-state index contributed by atoms with van der Waals surface area (Å²) in [4.78, 5) is 45.9. The van der Waals surface area contributed by atoms with E-state index in [0.29, 0.717) is 5.82 Å². The molecule has 0 amide bonds. The number of thiophene rings is 1. The van der Waals surface area contributed by atoms with Gasteiger partial charge in [0.1, 0.15) is 11.9 Å². The number of nitrogens with zero attached hydrogens (tertiary/aromatic N) is 4. The predicted molar refractivity (Wildman–Crippen MR) is 89.0 cm³/mol. The molecule has 8 nitrogen and oxygen atoms in total. The van der Waals surface area contributed by atoms with Crippen molar-refractivity contribution in [3.63, 3.8) is 0 Å². The highest BCUT2D eigenvalue weighted by molar-refractivity contribution is 7.13. The van der Waals surface area contributed by atoms with Crippen LogP contribution in [0, 0.1) is 0 Å². The summed E-state index contributed by atoms with van der Waals surface area (Å²) in [5.41, 5.74) is -1.02. The van der Waals surface area contributed by atoms with Crippen LogP contribution in [0.15, 0.2) is 33.3 Å². The van der Waals surface area contributed by atoms with Gasteiger partial charge in [-0.3, -0.25) is 14.2 Å². The molecule has 3 aromatic heterocycles. The molecule has 9 heteroatoms. The zero-order valence-corrected chi connectivity index (χ0v) is 13.9. The Morgan fingerprint density at radius 1 is 1.38 bits per heavy atom. The van der Waals surface area contributed by atoms with Gasteiger partial charge in [-0.15, -0.1) is 11.3 Å². The molecule has 0 aliphatic carbocycles. The Labute approximate surface area is 140 Å². The molecule has 3 rings (SSSR count). The van der Waals surface area contributed by atoms with E-state index in [-0.39, 0.29) is 17.6 Å². The maximum atomic E-state index is 12.5. The first kappa shape index (κ1) is 16.1. The van der Waals surface area contributed by atoms with Gasteiger partial charge in [-0.25, -0.2) is 19.3 Å². The van der Waals surface area contributed by atoms with Gasteiger partial charge in [-0.05, 0) is 18.4 Å². The Morgan fingerprint density at radius 3 is 2.83 bits per heavy atom. The number of fused-ring (bicyclic) bond motifs is 1. The second kappa shape index (κ2) is 6.36. The first-order valence-electron chi connectivity index (χ1n) is 7.19. The Bertz CT molecular complexity index is 1020. The topological polar surface area (TPSA) is 96.1 Å². The Morgan fingerprint density at radius 2 is 2.17 bits per heavy atom. The van der Waals surface area contributed by atoms with Crippen LogP contribution >= 0.6 is 11.3 Å². The van der Waals surface area contributed by atoms with E-state index < -0.39 is 23.8 Å². The van der Waals surface area contributed by atoms with Crippen LogP contribution in [-0.4, -0.2) is 31.7 Å². The van der Waals surface area contributed by atoms with Crippen molar-refractivity contribution in [3.8, 4) is 10.7 Å². The summed E-state index contributed by atoms with van der Waals surface area (Å²) in [6.07, 6.45) is 1.38. The molecule has 0 atom stereocenters. The van der Waals surface area contributed by atoms with E-state index in [1.807, 2.05) is 17.5 Å². The third-order valence-electron chi connectivity index (χ3n) is 3.41. The second-order valence-corrected chi connectivity index (χ2v) is 5.89. The number of hydrogen-bond donors (Lipinski definition) is 0. The van der Waals surface area contributed by atoms with Gasteiger partial charge < -0.3 is 4.74 Å². The summed E-state index contributed by atoms with van der Waals surface area (Å²) in [7, 11) is 1.50. The normalized spacial score (nSPS) is 10.9. The third-order valence-corrected chi connectivity index (χ3v) is 4.28. The van der Waals surface area contributed by atoms with Crippen molar-refractivity contribution in [1.82, 2.24) is 19.1 Å². The van der Waals surface area contributed by atoms with Gasteiger partial charge in [-0.2, -0.15) is 0 Å². The maximum Gasteiger partial charge on any atom is 0.332 e. The zero-order chi connectivity index (χ0) is 17.3. The fraction of sp³-hybridized carbons (Fsp3) is 0.267. The monoisotopic (exact) mass is 346 g/mol. The number of carbonyl (C=O) groups excluding carboxylic acids is 1. The lowest BCUT2D eigenvalue weighted by molar-refractivity contribution is -0.143. The largest absolute Gasteiger partial charge is 0.465 e. The van der Waals surface area contributed by atoms with Crippen LogP contribution in [0.3, 0.4) is 0 Å². The highest BCUT2D eigenvalue weighted by Gasteiger charge is 2.16. The lowest BCUT2D eigenvalue weighted by Crippen LogP contribution is -2.41. The molecular weight excluding hydrogens is 332 g/mol. The fourth-order valence-electron chi connectivity index (χ4n) is 2.28. The minimum Gasteiger partial charge on any atom is -0.465 e. The van der Waals surface area contributed by atoms with Gasteiger partial charge in [0.05, 0.1) is 11.5 Å². The smallest absolute Gasteiger partial charge is 0.332 e. The number of ether oxygens (including phenoxy) is 1. The average Bonchev–Trinajstić information content (AvgIpc) is 3.11. The lowest BCUT2D eigenvalue weighted by Gasteiger charge is -2.10. The van der Waals surface area contributed by atoms with E-state index in [0.717, 1.165) is 9.44 Å². The molecule has 3 aromatic rings. The molecule has 0 aliphatic rings. The molecule has 0 spiro atoms. The van der Waals surface area contributed by atoms with Crippen molar-refractivity contribution in [2.45, 2.75) is 13.5 Å². The molecular formula is C15H14N4O4S. The van der Waals surface area contributed by atoms with E-state index in [2.05, 4.69) is 9.97 Å². The van der Waals surface area contributed by atoms with Crippen molar-refractivity contribution in [2.24, 2.45) is 7.05 Å². The van der Waals surface area contributed by atoms with Crippen LogP contribution in [0.25, 0.3) is 21.7 Å². The van der Waals surface area contributed by atoms with Crippen LogP contribution in [0.5, 0.6) is 0 Å². The van der Waals surface area contributed by atoms with E-state index in [9.17, 15) is 14.4 Å². The number of hydrogen-bond acceptors (Lipinski definition) is 7. The molecule has 0 radical (unpaired) electrons. The molecule has 0 fully saturated rings. The molecule has 0 unspecified atom stereocenters. The number of esters is 1. The minimum atomic E-state index is -0.646. The first-order chi connectivity index (χ1) is 11.5. The second-order valence-electron chi connectivity index (χ2n) is 4.95. The summed E-state index contributed by atoms with van der Waals surface area (Å²) in [6, 6.07) is 3.72. The van der Waals surface area contributed by atoms with E-state index in [1.54, 1.807) is 6.92 Å². The van der Waals surface area contributed by atoms with E-state index >= 15 is 0 Å². The van der Waals surface area contributed by atoms with Crippen LogP contribution < -0.4 is 11.2 Å². The van der Waals surface area contributed by atoms with Crippen molar-refractivity contribution < 1.29 is 9.53 Å². The maximum absolute atomic E-state index is 12.5. The fourth-order valence-corrected chi connectivity index (χ4v) is 2.95. The quantitative estimate of drug-likeness (QED) is 0.648. The van der Waals surface area contributed by atoms with E-state index in [4.69, 9.17) is 4.74 Å². The number of rotatable bonds is 4. The van der Waals surface area contributed by atoms with Gasteiger partial charge in [0, 0.05) is 13.2 Å². The molecule has 0 aliphatic heterocycles. The molecule has 0 saturated carbocycles. The van der Waals surface area contributed by atoms with Crippen molar-refractivity contribution in [1.29, 1.82) is 0 Å². The minimum absolute atomic E-state index is 0.168. The third kappa shape index (κ3) is 2.73. The van der Waals surface area contributed by atoms with Crippen LogP contribution in [0.2, 0.25) is 0 Å². The van der Waals surface area contributed by atoms with Gasteiger partial charge in [-0.1, -0.05) is 6.07 Å². The summed E-state index contributed by atoms with van der Waals surface area (Å²) in [5.74, 6) is -0.206. The summed E-state index contributed by atoms with van der Waals surface area (Å²) >= 11 is 1.46. The summed E-state index contributed by atoms with van der Waals surface area (Å²) < 4.78 is 6.86. The van der Waals surface area contributed by atoms with Crippen LogP contribution in [0.1, 0.15) is 6.92 Å². The van der Waals surface area contributed by atoms with Crippen molar-refractivity contribution in [2.75, 3.05) is 6.61 Å². The first-order valence-corrected chi connectivity index (χ1v) is 8.07. The van der Waals surface area contributed by atoms with Crippen LogP contribution in [-0.2, 0) is 23.1 Å². The SMILES string of the molecule is CCOC(=O)Cn1c(=O)c2cnc(-c3cccs3)nc2n(C)c1=O. The number of carbonyl (C=O) groups is 1. The van der Waals surface area contributed by atoms with Gasteiger partial charge in [0.2, 0.25) is 0 Å². The van der Waals surface area contributed by atoms with Crippen molar-refractivity contribution >= 4 is 28.3 Å². The average molecular weight is 346 g/mol. The van der Waals surface area contributed by atoms with E-state index in [1.165, 1.54) is 29.1 Å². The molecule has 124 valence electrons. The van der Waals surface area contributed by atoms with Crippen molar-refractivity contribution in [3.05, 3.63) is 44.5 Å². The summed E-state index contributed by atoms with van der Waals surface area (Å²) in [5, 5.41) is 2.06. The highest BCUT2D eigenvalue weighted by atomic mass is 32.1. The standard InChI is InChI=1S/C15H14N4O4S/c1-3-23-11(20)8-19-14(21)9-7-16-12(10-5-4-6-24-10)17-13(9)18(2)15(19)22/h4-7H,3,8H2,1-2H3.